The number of hydrogen-bond donors (Lipinski definition) is 0. The number of aryl methyl sites for hydroxylation is 1. The van der Waals surface area contributed by atoms with Crippen LogP contribution in [0, 0.1) is 6.92 Å². The minimum atomic E-state index is -0.670. The number of esters is 1. The van der Waals surface area contributed by atoms with Gasteiger partial charge in [-0.05, 0) is 30.7 Å². The first-order valence-electron chi connectivity index (χ1n) is 8.25. The van der Waals surface area contributed by atoms with E-state index in [1.807, 2.05) is 0 Å². The molecule has 1 aliphatic rings. The quantitative estimate of drug-likeness (QED) is 0.674. The van der Waals surface area contributed by atoms with Gasteiger partial charge in [-0.3, -0.25) is 4.79 Å². The highest BCUT2D eigenvalue weighted by Crippen LogP contribution is 2.36. The van der Waals surface area contributed by atoms with Crippen LogP contribution in [0.4, 0.5) is 0 Å². The van der Waals surface area contributed by atoms with Crippen LogP contribution in [-0.4, -0.2) is 38.6 Å². The number of carbonyl (C=O) groups excluding carboxylic acids is 2. The van der Waals surface area contributed by atoms with E-state index < -0.39 is 5.97 Å². The highest BCUT2D eigenvalue weighted by molar-refractivity contribution is 6.39. The first-order valence-corrected chi connectivity index (χ1v) is 9.00. The van der Waals surface area contributed by atoms with Crippen molar-refractivity contribution in [1.82, 2.24) is 20.2 Å². The second kappa shape index (κ2) is 8.49. The molecular formula is C17H16Cl2N4O4. The molecule has 0 saturated heterocycles. The van der Waals surface area contributed by atoms with Gasteiger partial charge in [0, 0.05) is 18.9 Å². The van der Waals surface area contributed by atoms with E-state index in [0.717, 1.165) is 0 Å². The molecule has 0 unspecified atom stereocenters. The van der Waals surface area contributed by atoms with Crippen LogP contribution in [0.3, 0.4) is 0 Å². The molecule has 1 aromatic heterocycles. The largest absolute Gasteiger partial charge is 0.488 e. The maximum absolute atomic E-state index is 12.4. The van der Waals surface area contributed by atoms with Crippen LogP contribution in [0.2, 0.25) is 10.0 Å². The van der Waals surface area contributed by atoms with E-state index in [4.69, 9.17) is 32.7 Å². The molecule has 0 spiro atoms. The number of rotatable bonds is 6. The Balaban J connectivity index is 1.70. The van der Waals surface area contributed by atoms with Crippen LogP contribution in [-0.2, 0) is 16.1 Å². The van der Waals surface area contributed by atoms with Crippen molar-refractivity contribution >= 4 is 35.0 Å². The first kappa shape index (κ1) is 19.3. The van der Waals surface area contributed by atoms with Crippen molar-refractivity contribution < 1.29 is 19.1 Å². The van der Waals surface area contributed by atoms with E-state index in [2.05, 4.69) is 15.4 Å². The first-order chi connectivity index (χ1) is 12.9. The Labute approximate surface area is 165 Å². The molecular weight excluding hydrogens is 395 g/mol. The number of halogens is 2. The van der Waals surface area contributed by atoms with Gasteiger partial charge in [-0.15, -0.1) is 10.2 Å². The summed E-state index contributed by atoms with van der Waals surface area (Å²) in [6.07, 6.45) is 2.98. The summed E-state index contributed by atoms with van der Waals surface area (Å²) in [7, 11) is 0. The third-order valence-electron chi connectivity index (χ3n) is 3.75. The third kappa shape index (κ3) is 4.84. The molecule has 1 aliphatic carbocycles. The van der Waals surface area contributed by atoms with Crippen molar-refractivity contribution in [3.05, 3.63) is 45.4 Å². The van der Waals surface area contributed by atoms with Crippen LogP contribution in [0.5, 0.6) is 5.75 Å². The van der Waals surface area contributed by atoms with Gasteiger partial charge in [0.25, 0.3) is 0 Å². The van der Waals surface area contributed by atoms with Gasteiger partial charge in [0.15, 0.2) is 17.4 Å². The number of allylic oxidation sites excluding steroid dienone is 2. The molecule has 0 fully saturated rings. The standard InChI is InChI=1S/C17H16Cl2N4O4/c1-10-20-22-23(21-10)7-8-26-16-14(18)6-5-13(15(16)19)17(25)27-12-4-2-3-11(24)9-12/h5-6,9H,2-4,7-8H2,1H3. The van der Waals surface area contributed by atoms with E-state index >= 15 is 0 Å². The fourth-order valence-electron chi connectivity index (χ4n) is 2.49. The van der Waals surface area contributed by atoms with Crippen LogP contribution in [0.15, 0.2) is 24.0 Å². The van der Waals surface area contributed by atoms with Crippen LogP contribution in [0.25, 0.3) is 0 Å². The van der Waals surface area contributed by atoms with Gasteiger partial charge in [0.05, 0.1) is 22.2 Å². The van der Waals surface area contributed by atoms with Crippen LogP contribution in [0.1, 0.15) is 35.4 Å². The van der Waals surface area contributed by atoms with Crippen molar-refractivity contribution in [2.24, 2.45) is 0 Å². The molecule has 0 bridgehead atoms. The lowest BCUT2D eigenvalue weighted by Crippen LogP contribution is -2.13. The van der Waals surface area contributed by atoms with E-state index in [9.17, 15) is 9.59 Å². The molecule has 10 heteroatoms. The molecule has 1 heterocycles. The lowest BCUT2D eigenvalue weighted by atomic mass is 10.1. The Bertz CT molecular complexity index is 910. The Morgan fingerprint density at radius 2 is 2.11 bits per heavy atom. The Hall–Kier alpha value is -2.45. The molecule has 0 N–H and O–H groups in total. The van der Waals surface area contributed by atoms with Crippen LogP contribution < -0.4 is 4.74 Å². The van der Waals surface area contributed by atoms with Gasteiger partial charge in [0.2, 0.25) is 0 Å². The number of aromatic nitrogens is 4. The van der Waals surface area contributed by atoms with Crippen molar-refractivity contribution in [1.29, 1.82) is 0 Å². The summed E-state index contributed by atoms with van der Waals surface area (Å²) in [5.74, 6) is 0.310. The Kier molecular flexibility index (Phi) is 6.08. The smallest absolute Gasteiger partial charge is 0.344 e. The molecule has 142 valence electrons. The Morgan fingerprint density at radius 1 is 1.30 bits per heavy atom. The van der Waals surface area contributed by atoms with Crippen molar-refractivity contribution in [2.45, 2.75) is 32.7 Å². The van der Waals surface area contributed by atoms with Crippen molar-refractivity contribution in [2.75, 3.05) is 6.61 Å². The number of hydrogen-bond acceptors (Lipinski definition) is 7. The van der Waals surface area contributed by atoms with Gasteiger partial charge in [-0.2, -0.15) is 4.80 Å². The van der Waals surface area contributed by atoms with Gasteiger partial charge < -0.3 is 9.47 Å². The summed E-state index contributed by atoms with van der Waals surface area (Å²) in [6.45, 7) is 2.23. The van der Waals surface area contributed by atoms with Gasteiger partial charge in [-0.25, -0.2) is 4.79 Å². The van der Waals surface area contributed by atoms with E-state index in [1.165, 1.54) is 23.0 Å². The summed E-state index contributed by atoms with van der Waals surface area (Å²) in [6, 6.07) is 2.95. The molecule has 1 aromatic carbocycles. The second-order valence-electron chi connectivity index (χ2n) is 5.84. The van der Waals surface area contributed by atoms with Crippen molar-refractivity contribution in [3.8, 4) is 5.75 Å². The third-order valence-corrected chi connectivity index (χ3v) is 4.42. The lowest BCUT2D eigenvalue weighted by Gasteiger charge is -2.15. The van der Waals surface area contributed by atoms with E-state index in [-0.39, 0.29) is 33.7 Å². The summed E-state index contributed by atoms with van der Waals surface area (Å²) in [5.41, 5.74) is 0.102. The zero-order valence-electron chi connectivity index (χ0n) is 14.4. The van der Waals surface area contributed by atoms with Gasteiger partial charge in [0.1, 0.15) is 12.4 Å². The lowest BCUT2D eigenvalue weighted by molar-refractivity contribution is -0.115. The highest BCUT2D eigenvalue weighted by Gasteiger charge is 2.21. The molecule has 27 heavy (non-hydrogen) atoms. The average Bonchev–Trinajstić information content (AvgIpc) is 3.03. The minimum Gasteiger partial charge on any atom is -0.488 e. The predicted octanol–water partition coefficient (Wildman–Crippen LogP) is 3.16. The number of ether oxygens (including phenoxy) is 2. The van der Waals surface area contributed by atoms with E-state index in [0.29, 0.717) is 37.4 Å². The number of tetrazole rings is 1. The maximum atomic E-state index is 12.4. The number of nitrogens with zero attached hydrogens (tertiary/aromatic N) is 4. The monoisotopic (exact) mass is 410 g/mol. The molecule has 8 nitrogen and oxygen atoms in total. The molecule has 0 atom stereocenters. The number of benzene rings is 1. The highest BCUT2D eigenvalue weighted by atomic mass is 35.5. The predicted molar refractivity (Wildman–Crippen MR) is 96.9 cm³/mol. The summed E-state index contributed by atoms with van der Waals surface area (Å²) in [4.78, 5) is 25.2. The molecule has 2 aromatic rings. The van der Waals surface area contributed by atoms with Crippen molar-refractivity contribution in [3.63, 3.8) is 0 Å². The topological polar surface area (TPSA) is 96.2 Å². The molecule has 0 radical (unpaired) electrons. The summed E-state index contributed by atoms with van der Waals surface area (Å²) in [5, 5.41) is 11.9. The molecule has 0 saturated carbocycles. The zero-order chi connectivity index (χ0) is 19.4. The second-order valence-corrected chi connectivity index (χ2v) is 6.62. The SMILES string of the molecule is Cc1nnn(CCOc2c(Cl)ccc(C(=O)OC3=CC(=O)CCC3)c2Cl)n1. The molecule has 0 aliphatic heterocycles. The van der Waals surface area contributed by atoms with E-state index in [1.54, 1.807) is 6.92 Å². The summed E-state index contributed by atoms with van der Waals surface area (Å²) < 4.78 is 10.9. The van der Waals surface area contributed by atoms with Crippen LogP contribution >= 0.6 is 23.2 Å². The fourth-order valence-corrected chi connectivity index (χ4v) is 3.04. The number of carbonyl (C=O) groups is 2. The maximum Gasteiger partial charge on any atom is 0.344 e. The summed E-state index contributed by atoms with van der Waals surface area (Å²) >= 11 is 12.4. The average molecular weight is 411 g/mol. The fraction of sp³-hybridized carbons (Fsp3) is 0.353. The number of ketones is 1. The minimum absolute atomic E-state index is 0.0398. The van der Waals surface area contributed by atoms with Gasteiger partial charge in [-0.1, -0.05) is 23.2 Å². The normalized spacial score (nSPS) is 14.0. The Morgan fingerprint density at radius 3 is 2.81 bits per heavy atom. The molecule has 0 amide bonds. The van der Waals surface area contributed by atoms with Gasteiger partial charge >= 0.3 is 5.97 Å². The molecule has 3 rings (SSSR count). The zero-order valence-corrected chi connectivity index (χ0v) is 16.0.